The number of nitrogens with zero attached hydrogens (tertiary/aromatic N) is 2. The molecule has 1 heterocycles. The third-order valence-corrected chi connectivity index (χ3v) is 5.61. The van der Waals surface area contributed by atoms with Crippen LogP contribution in [0.15, 0.2) is 66.9 Å². The molecule has 6 heteroatoms. The molecular weight excluding hydrogens is 390 g/mol. The molecular formula is C25H27N3O3. The highest BCUT2D eigenvalue weighted by atomic mass is 16.5. The molecule has 0 spiro atoms. The zero-order valence-corrected chi connectivity index (χ0v) is 17.4. The van der Waals surface area contributed by atoms with Gasteiger partial charge in [0.2, 0.25) is 0 Å². The minimum Gasteiger partial charge on any atom is -0.480 e. The number of rotatable bonds is 8. The number of carboxylic acids is 1. The summed E-state index contributed by atoms with van der Waals surface area (Å²) in [5, 5.41) is 12.3. The van der Waals surface area contributed by atoms with Crippen molar-refractivity contribution in [2.75, 3.05) is 6.61 Å². The number of hydrogen-bond donors (Lipinski definition) is 2. The molecule has 0 radical (unpaired) electrons. The van der Waals surface area contributed by atoms with E-state index in [-0.39, 0.29) is 12.7 Å². The Balaban J connectivity index is 1.43. The van der Waals surface area contributed by atoms with Gasteiger partial charge >= 0.3 is 5.97 Å². The molecule has 4 rings (SSSR count). The van der Waals surface area contributed by atoms with Gasteiger partial charge in [0.05, 0.1) is 29.4 Å². The van der Waals surface area contributed by atoms with Gasteiger partial charge in [-0.1, -0.05) is 60.7 Å². The van der Waals surface area contributed by atoms with E-state index in [0.717, 1.165) is 53.9 Å². The standard InChI is InChI=1S/C25H27N3O3/c29-23(30)17-31-22-13-11-20(12-14-22)26-15-21-16-27-24(18-7-3-1-4-8-18)25(28-21)19-9-5-2-6-10-19/h1-10,16,20,22,26H,11-15,17H2,(H,29,30). The molecule has 0 unspecified atom stereocenters. The van der Waals surface area contributed by atoms with E-state index in [9.17, 15) is 4.79 Å². The molecule has 3 aromatic rings. The van der Waals surface area contributed by atoms with Crippen molar-refractivity contribution in [1.29, 1.82) is 0 Å². The second-order valence-corrected chi connectivity index (χ2v) is 7.85. The zero-order valence-electron chi connectivity index (χ0n) is 17.4. The van der Waals surface area contributed by atoms with Crippen molar-refractivity contribution in [2.24, 2.45) is 0 Å². The average Bonchev–Trinajstić information content (AvgIpc) is 2.83. The SMILES string of the molecule is O=C(O)COC1CCC(NCc2cnc(-c3ccccc3)c(-c3ccccc3)n2)CC1. The van der Waals surface area contributed by atoms with Gasteiger partial charge in [-0.05, 0) is 25.7 Å². The Morgan fingerprint density at radius 3 is 2.16 bits per heavy atom. The predicted octanol–water partition coefficient (Wildman–Crippen LogP) is 4.31. The fourth-order valence-corrected chi connectivity index (χ4v) is 3.99. The lowest BCUT2D eigenvalue weighted by molar-refractivity contribution is -0.145. The third kappa shape index (κ3) is 5.75. The first kappa shape index (κ1) is 21.2. The molecule has 160 valence electrons. The molecule has 2 aromatic carbocycles. The zero-order chi connectivity index (χ0) is 21.5. The van der Waals surface area contributed by atoms with E-state index in [4.69, 9.17) is 19.8 Å². The predicted molar refractivity (Wildman–Crippen MR) is 119 cm³/mol. The van der Waals surface area contributed by atoms with Gasteiger partial charge in [-0.15, -0.1) is 0 Å². The van der Waals surface area contributed by atoms with E-state index in [1.54, 1.807) is 0 Å². The van der Waals surface area contributed by atoms with Gasteiger partial charge in [-0.2, -0.15) is 0 Å². The molecule has 2 N–H and O–H groups in total. The number of hydrogen-bond acceptors (Lipinski definition) is 5. The molecule has 0 bridgehead atoms. The Morgan fingerprint density at radius 2 is 1.55 bits per heavy atom. The number of aliphatic carboxylic acids is 1. The number of aromatic nitrogens is 2. The van der Waals surface area contributed by atoms with Crippen molar-refractivity contribution in [3.05, 3.63) is 72.6 Å². The number of carbonyl (C=O) groups is 1. The van der Waals surface area contributed by atoms with Crippen LogP contribution >= 0.6 is 0 Å². The molecule has 1 aliphatic carbocycles. The van der Waals surface area contributed by atoms with E-state index in [2.05, 4.69) is 29.6 Å². The summed E-state index contributed by atoms with van der Waals surface area (Å²) in [5.41, 5.74) is 4.77. The molecule has 0 atom stereocenters. The Bertz CT molecular complexity index is 987. The summed E-state index contributed by atoms with van der Waals surface area (Å²) in [7, 11) is 0. The number of benzene rings is 2. The molecule has 1 aromatic heterocycles. The summed E-state index contributed by atoms with van der Waals surface area (Å²) in [4.78, 5) is 20.4. The van der Waals surface area contributed by atoms with Crippen LogP contribution in [0, 0.1) is 0 Å². The third-order valence-electron chi connectivity index (χ3n) is 5.61. The lowest BCUT2D eigenvalue weighted by Crippen LogP contribution is -2.35. The molecule has 6 nitrogen and oxygen atoms in total. The summed E-state index contributed by atoms with van der Waals surface area (Å²) in [5.74, 6) is -0.910. The molecule has 1 saturated carbocycles. The van der Waals surface area contributed by atoms with Gasteiger partial charge in [0.1, 0.15) is 6.61 Å². The quantitative estimate of drug-likeness (QED) is 0.568. The van der Waals surface area contributed by atoms with Gasteiger partial charge in [0, 0.05) is 23.7 Å². The topological polar surface area (TPSA) is 84.3 Å². The smallest absolute Gasteiger partial charge is 0.329 e. The van der Waals surface area contributed by atoms with E-state index in [1.165, 1.54) is 0 Å². The maximum atomic E-state index is 10.7. The van der Waals surface area contributed by atoms with Gasteiger partial charge in [0.15, 0.2) is 0 Å². The van der Waals surface area contributed by atoms with Crippen LogP contribution in [-0.4, -0.2) is 39.8 Å². The maximum Gasteiger partial charge on any atom is 0.329 e. The fraction of sp³-hybridized carbons (Fsp3) is 0.320. The van der Waals surface area contributed by atoms with Crippen LogP contribution in [0.2, 0.25) is 0 Å². The van der Waals surface area contributed by atoms with Crippen LogP contribution in [0.1, 0.15) is 31.4 Å². The highest BCUT2D eigenvalue weighted by Crippen LogP contribution is 2.29. The first-order chi connectivity index (χ1) is 15.2. The summed E-state index contributed by atoms with van der Waals surface area (Å²) >= 11 is 0. The Labute approximate surface area is 182 Å². The van der Waals surface area contributed by atoms with Crippen LogP contribution in [0.3, 0.4) is 0 Å². The summed E-state index contributed by atoms with van der Waals surface area (Å²) < 4.78 is 5.43. The van der Waals surface area contributed by atoms with Crippen LogP contribution in [0.25, 0.3) is 22.5 Å². The second kappa shape index (κ2) is 10.3. The van der Waals surface area contributed by atoms with Crippen LogP contribution in [0.5, 0.6) is 0 Å². The molecule has 1 aliphatic rings. The first-order valence-electron chi connectivity index (χ1n) is 10.7. The van der Waals surface area contributed by atoms with Crippen LogP contribution in [0.4, 0.5) is 0 Å². The molecule has 31 heavy (non-hydrogen) atoms. The van der Waals surface area contributed by atoms with Gasteiger partial charge in [0.25, 0.3) is 0 Å². The summed E-state index contributed by atoms with van der Waals surface area (Å²) in [6, 6.07) is 20.7. The monoisotopic (exact) mass is 417 g/mol. The number of ether oxygens (including phenoxy) is 1. The summed E-state index contributed by atoms with van der Waals surface area (Å²) in [6.07, 6.45) is 5.57. The Kier molecular flexibility index (Phi) is 7.02. The van der Waals surface area contributed by atoms with Gasteiger partial charge in [-0.3, -0.25) is 4.98 Å². The van der Waals surface area contributed by atoms with Crippen molar-refractivity contribution in [2.45, 2.75) is 44.4 Å². The lowest BCUT2D eigenvalue weighted by atomic mass is 9.93. The number of nitrogens with one attached hydrogen (secondary N) is 1. The van der Waals surface area contributed by atoms with Crippen molar-refractivity contribution >= 4 is 5.97 Å². The maximum absolute atomic E-state index is 10.7. The lowest BCUT2D eigenvalue weighted by Gasteiger charge is -2.28. The normalized spacial score (nSPS) is 18.6. The summed E-state index contributed by atoms with van der Waals surface area (Å²) in [6.45, 7) is 0.432. The van der Waals surface area contributed by atoms with Gasteiger partial charge in [-0.25, -0.2) is 9.78 Å². The average molecular weight is 418 g/mol. The van der Waals surface area contributed by atoms with E-state index in [0.29, 0.717) is 12.6 Å². The highest BCUT2D eigenvalue weighted by molar-refractivity contribution is 5.77. The van der Waals surface area contributed by atoms with E-state index < -0.39 is 5.97 Å². The van der Waals surface area contributed by atoms with Crippen molar-refractivity contribution in [3.8, 4) is 22.5 Å². The molecule has 0 aliphatic heterocycles. The number of carboxylic acid groups (broad SMARTS) is 1. The first-order valence-corrected chi connectivity index (χ1v) is 10.7. The fourth-order valence-electron chi connectivity index (χ4n) is 3.99. The molecule has 0 amide bonds. The van der Waals surface area contributed by atoms with Crippen molar-refractivity contribution in [3.63, 3.8) is 0 Å². The van der Waals surface area contributed by atoms with Gasteiger partial charge < -0.3 is 15.2 Å². The minimum atomic E-state index is -0.910. The molecule has 0 saturated heterocycles. The molecule has 1 fully saturated rings. The van der Waals surface area contributed by atoms with Crippen molar-refractivity contribution in [1.82, 2.24) is 15.3 Å². The van der Waals surface area contributed by atoms with E-state index >= 15 is 0 Å². The Morgan fingerprint density at radius 1 is 0.935 bits per heavy atom. The van der Waals surface area contributed by atoms with E-state index in [1.807, 2.05) is 42.6 Å². The minimum absolute atomic E-state index is 0.0452. The Hall–Kier alpha value is -3.09. The van der Waals surface area contributed by atoms with Crippen LogP contribution in [-0.2, 0) is 16.1 Å². The second-order valence-electron chi connectivity index (χ2n) is 7.85. The van der Waals surface area contributed by atoms with Crippen molar-refractivity contribution < 1.29 is 14.6 Å². The largest absolute Gasteiger partial charge is 0.480 e. The highest BCUT2D eigenvalue weighted by Gasteiger charge is 2.22. The van der Waals surface area contributed by atoms with Crippen LogP contribution < -0.4 is 5.32 Å².